The van der Waals surface area contributed by atoms with Gasteiger partial charge in [0.25, 0.3) is 0 Å². The maximum absolute atomic E-state index is 14.2. The minimum atomic E-state index is -4.65. The van der Waals surface area contributed by atoms with Crippen molar-refractivity contribution in [3.05, 3.63) is 78.0 Å². The van der Waals surface area contributed by atoms with Crippen LogP contribution in [0.15, 0.2) is 60.9 Å². The van der Waals surface area contributed by atoms with E-state index in [-0.39, 0.29) is 23.2 Å². The van der Waals surface area contributed by atoms with E-state index < -0.39 is 35.1 Å². The second-order valence-electron chi connectivity index (χ2n) is 8.08. The number of aromatic nitrogens is 5. The fraction of sp³-hybridized carbons (Fsp3) is 0.125. The summed E-state index contributed by atoms with van der Waals surface area (Å²) in [7, 11) is 1.59. The van der Waals surface area contributed by atoms with Gasteiger partial charge in [-0.25, -0.2) is 14.4 Å². The van der Waals surface area contributed by atoms with Gasteiger partial charge >= 0.3 is 12.4 Å². The molecule has 3 heterocycles. The smallest absolute Gasteiger partial charge is 0.432 e. The monoisotopic (exact) mass is 536 g/mol. The number of alkyl halides is 6. The highest BCUT2D eigenvalue weighted by Crippen LogP contribution is 2.34. The van der Waals surface area contributed by atoms with Crippen LogP contribution in [0, 0.1) is 5.82 Å². The van der Waals surface area contributed by atoms with E-state index in [1.807, 2.05) is 0 Å². The van der Waals surface area contributed by atoms with Crippen molar-refractivity contribution in [2.24, 2.45) is 7.05 Å². The number of halogens is 7. The van der Waals surface area contributed by atoms with Gasteiger partial charge in [0.2, 0.25) is 5.95 Å². The maximum atomic E-state index is 14.2. The number of ether oxygens (including phenoxy) is 1. The zero-order chi connectivity index (χ0) is 27.2. The Kier molecular flexibility index (Phi) is 5.96. The largest absolute Gasteiger partial charge is 0.457 e. The number of benzene rings is 2. The molecular weight excluding hydrogens is 521 g/mol. The van der Waals surface area contributed by atoms with Gasteiger partial charge in [0.05, 0.1) is 28.5 Å². The van der Waals surface area contributed by atoms with E-state index in [4.69, 9.17) is 4.74 Å². The Bertz CT molecular complexity index is 1640. The van der Waals surface area contributed by atoms with Crippen molar-refractivity contribution < 1.29 is 35.5 Å². The van der Waals surface area contributed by atoms with E-state index in [2.05, 4.69) is 25.3 Å². The van der Waals surface area contributed by atoms with Gasteiger partial charge in [-0.05, 0) is 36.4 Å². The summed E-state index contributed by atoms with van der Waals surface area (Å²) < 4.78 is 99.2. The first kappa shape index (κ1) is 25.0. The summed E-state index contributed by atoms with van der Waals surface area (Å²) in [5.41, 5.74) is -1.36. The number of nitrogens with zero attached hydrogens (tertiary/aromatic N) is 4. The number of imidazole rings is 2. The highest BCUT2D eigenvalue weighted by Gasteiger charge is 2.33. The Balaban J connectivity index is 1.40. The SMILES string of the molecule is Cn1c(Nc2cc(C(F)(F)F)ccc2F)nc2cc(Oc3ccnc(-c4ncc(C(F)(F)F)[nH]4)c3)ccc21. The molecule has 0 unspecified atom stereocenters. The quantitative estimate of drug-likeness (QED) is 0.235. The zero-order valence-corrected chi connectivity index (χ0v) is 19.1. The highest BCUT2D eigenvalue weighted by molar-refractivity contribution is 5.81. The van der Waals surface area contributed by atoms with Gasteiger partial charge in [-0.1, -0.05) is 0 Å². The Morgan fingerprint density at radius 3 is 2.37 bits per heavy atom. The van der Waals surface area contributed by atoms with Crippen molar-refractivity contribution in [1.82, 2.24) is 24.5 Å². The minimum absolute atomic E-state index is 0.0832. The molecule has 2 aromatic carbocycles. The van der Waals surface area contributed by atoms with Gasteiger partial charge in [-0.3, -0.25) is 4.98 Å². The summed E-state index contributed by atoms with van der Waals surface area (Å²) >= 11 is 0. The standard InChI is InChI=1S/C24H15F7N6O/c1-37-19-5-3-13(38-14-6-7-32-18(10-14)21-33-11-20(36-21)24(29,30)31)9-17(19)35-22(37)34-16-8-12(23(26,27)28)2-4-15(16)25/h2-11H,1H3,(H,33,36)(H,34,35). The van der Waals surface area contributed by atoms with E-state index in [0.29, 0.717) is 35.1 Å². The number of aryl methyl sites for hydroxylation is 1. The number of pyridine rings is 1. The summed E-state index contributed by atoms with van der Waals surface area (Å²) in [5.74, 6) is -0.346. The lowest BCUT2D eigenvalue weighted by atomic mass is 10.2. The molecule has 0 saturated carbocycles. The molecule has 0 aliphatic heterocycles. The molecule has 0 saturated heterocycles. The molecule has 196 valence electrons. The molecule has 0 spiro atoms. The van der Waals surface area contributed by atoms with Crippen molar-refractivity contribution in [2.75, 3.05) is 5.32 Å². The van der Waals surface area contributed by atoms with Crippen LogP contribution in [0.1, 0.15) is 11.3 Å². The van der Waals surface area contributed by atoms with Gasteiger partial charge in [0.1, 0.15) is 28.7 Å². The molecule has 0 amide bonds. The summed E-state index contributed by atoms with van der Waals surface area (Å²) in [6.07, 6.45) is -7.23. The molecule has 3 aromatic heterocycles. The lowest BCUT2D eigenvalue weighted by Crippen LogP contribution is -2.07. The van der Waals surface area contributed by atoms with Crippen LogP contribution in [0.5, 0.6) is 11.5 Å². The summed E-state index contributed by atoms with van der Waals surface area (Å²) in [6, 6.07) is 9.66. The Hall–Kier alpha value is -4.62. The van der Waals surface area contributed by atoms with Gasteiger partial charge in [0, 0.05) is 25.4 Å². The third kappa shape index (κ3) is 4.96. The number of H-pyrrole nitrogens is 1. The number of hydrogen-bond acceptors (Lipinski definition) is 5. The van der Waals surface area contributed by atoms with Crippen LogP contribution in [0.25, 0.3) is 22.6 Å². The van der Waals surface area contributed by atoms with Crippen molar-refractivity contribution in [3.63, 3.8) is 0 Å². The number of hydrogen-bond donors (Lipinski definition) is 2. The topological polar surface area (TPSA) is 80.7 Å². The molecule has 2 N–H and O–H groups in total. The second kappa shape index (κ2) is 9.04. The molecule has 5 aromatic rings. The van der Waals surface area contributed by atoms with Gasteiger partial charge in [-0.2, -0.15) is 26.3 Å². The molecule has 14 heteroatoms. The van der Waals surface area contributed by atoms with Gasteiger partial charge < -0.3 is 19.6 Å². The molecule has 0 aliphatic carbocycles. The van der Waals surface area contributed by atoms with Crippen LogP contribution in [0.3, 0.4) is 0 Å². The van der Waals surface area contributed by atoms with Gasteiger partial charge in [-0.15, -0.1) is 0 Å². The Labute approximate surface area is 208 Å². The normalized spacial score (nSPS) is 12.2. The first-order chi connectivity index (χ1) is 17.9. The maximum Gasteiger partial charge on any atom is 0.432 e. The summed E-state index contributed by atoms with van der Waals surface area (Å²) in [4.78, 5) is 14.2. The average molecular weight is 536 g/mol. The van der Waals surface area contributed by atoms with Crippen LogP contribution in [-0.2, 0) is 19.4 Å². The molecule has 0 bridgehead atoms. The van der Waals surface area contributed by atoms with Crippen LogP contribution < -0.4 is 10.1 Å². The van der Waals surface area contributed by atoms with E-state index in [1.165, 1.54) is 29.0 Å². The fourth-order valence-electron chi connectivity index (χ4n) is 3.61. The summed E-state index contributed by atoms with van der Waals surface area (Å²) in [5, 5.41) is 2.59. The molecule has 0 aliphatic rings. The van der Waals surface area contributed by atoms with E-state index in [1.54, 1.807) is 19.2 Å². The molecule has 7 nitrogen and oxygen atoms in total. The van der Waals surface area contributed by atoms with Crippen LogP contribution >= 0.6 is 0 Å². The molecular formula is C24H15F7N6O. The number of rotatable bonds is 5. The average Bonchev–Trinajstić information content (AvgIpc) is 3.46. The molecule has 0 radical (unpaired) electrons. The lowest BCUT2D eigenvalue weighted by Gasteiger charge is -2.11. The van der Waals surface area contributed by atoms with Crippen LogP contribution in [0.2, 0.25) is 0 Å². The second-order valence-corrected chi connectivity index (χ2v) is 8.08. The Morgan fingerprint density at radius 2 is 1.66 bits per heavy atom. The van der Waals surface area contributed by atoms with Crippen LogP contribution in [0.4, 0.5) is 42.4 Å². The number of fused-ring (bicyclic) bond motifs is 1. The zero-order valence-electron chi connectivity index (χ0n) is 19.1. The third-order valence-corrected chi connectivity index (χ3v) is 5.48. The van der Waals surface area contributed by atoms with Crippen molar-refractivity contribution in [2.45, 2.75) is 12.4 Å². The van der Waals surface area contributed by atoms with Gasteiger partial charge in [0.15, 0.2) is 5.82 Å². The third-order valence-electron chi connectivity index (χ3n) is 5.48. The Morgan fingerprint density at radius 1 is 0.895 bits per heavy atom. The molecule has 5 rings (SSSR count). The predicted octanol–water partition coefficient (Wildman–Crippen LogP) is 7.07. The highest BCUT2D eigenvalue weighted by atomic mass is 19.4. The van der Waals surface area contributed by atoms with E-state index in [9.17, 15) is 30.7 Å². The molecule has 0 atom stereocenters. The van der Waals surface area contributed by atoms with Crippen molar-refractivity contribution in [3.8, 4) is 23.0 Å². The lowest BCUT2D eigenvalue weighted by molar-refractivity contribution is -0.141. The summed E-state index contributed by atoms with van der Waals surface area (Å²) in [6.45, 7) is 0. The minimum Gasteiger partial charge on any atom is -0.457 e. The fourth-order valence-corrected chi connectivity index (χ4v) is 3.61. The van der Waals surface area contributed by atoms with Crippen molar-refractivity contribution in [1.29, 1.82) is 0 Å². The number of nitrogens with one attached hydrogen (secondary N) is 2. The first-order valence-electron chi connectivity index (χ1n) is 10.8. The first-order valence-corrected chi connectivity index (χ1v) is 10.8. The molecule has 0 fully saturated rings. The predicted molar refractivity (Wildman–Crippen MR) is 122 cm³/mol. The number of anilines is 2. The van der Waals surface area contributed by atoms with E-state index in [0.717, 1.165) is 6.07 Å². The van der Waals surface area contributed by atoms with Crippen LogP contribution in [-0.4, -0.2) is 24.5 Å². The number of aromatic amines is 1. The van der Waals surface area contributed by atoms with Crippen molar-refractivity contribution >= 4 is 22.7 Å². The van der Waals surface area contributed by atoms with E-state index >= 15 is 0 Å². The molecule has 38 heavy (non-hydrogen) atoms.